The summed E-state index contributed by atoms with van der Waals surface area (Å²) < 4.78 is 16.0. The fourth-order valence-corrected chi connectivity index (χ4v) is 2.84. The number of benzene rings is 1. The third-order valence-corrected chi connectivity index (χ3v) is 4.16. The Morgan fingerprint density at radius 2 is 2.30 bits per heavy atom. The Morgan fingerprint density at radius 3 is 3.11 bits per heavy atom. The number of hydrogen-bond acceptors (Lipinski definition) is 7. The van der Waals surface area contributed by atoms with Gasteiger partial charge in [0, 0.05) is 30.8 Å². The third kappa shape index (κ3) is 4.32. The molecular weight excluding hydrogens is 350 g/mol. The second-order valence-electron chi connectivity index (χ2n) is 6.13. The molecule has 1 fully saturated rings. The molecule has 140 valence electrons. The molecule has 1 aromatic carbocycles. The smallest absolute Gasteiger partial charge is 0.319 e. The van der Waals surface area contributed by atoms with Crippen LogP contribution in [0.5, 0.6) is 0 Å². The normalized spacial score (nSPS) is 16.4. The molecule has 0 unspecified atom stereocenters. The van der Waals surface area contributed by atoms with E-state index in [1.807, 2.05) is 18.2 Å². The van der Waals surface area contributed by atoms with Gasteiger partial charge in [0.2, 0.25) is 0 Å². The van der Waals surface area contributed by atoms with E-state index in [2.05, 4.69) is 25.8 Å². The molecule has 2 amide bonds. The number of oxazole rings is 1. The summed E-state index contributed by atoms with van der Waals surface area (Å²) in [6.45, 7) is 1.11. The van der Waals surface area contributed by atoms with Crippen LogP contribution >= 0.6 is 0 Å². The molecule has 0 bridgehead atoms. The van der Waals surface area contributed by atoms with Crippen LogP contribution in [0.25, 0.3) is 11.3 Å². The average Bonchev–Trinajstić information content (AvgIpc) is 3.43. The number of hydrogen-bond donors (Lipinski definition) is 2. The molecule has 0 spiro atoms. The molecular formula is C18H19N5O4. The fraction of sp³-hybridized carbons (Fsp3) is 0.333. The van der Waals surface area contributed by atoms with Gasteiger partial charge in [-0.3, -0.25) is 0 Å². The van der Waals surface area contributed by atoms with Crippen LogP contribution in [-0.4, -0.2) is 34.3 Å². The van der Waals surface area contributed by atoms with Gasteiger partial charge in [-0.2, -0.15) is 4.98 Å². The number of anilines is 1. The van der Waals surface area contributed by atoms with E-state index in [4.69, 9.17) is 13.7 Å². The summed E-state index contributed by atoms with van der Waals surface area (Å²) in [6, 6.07) is 7.01. The van der Waals surface area contributed by atoms with Crippen LogP contribution in [0.2, 0.25) is 0 Å². The summed E-state index contributed by atoms with van der Waals surface area (Å²) >= 11 is 0. The van der Waals surface area contributed by atoms with Gasteiger partial charge in [-0.25, -0.2) is 9.78 Å². The second kappa shape index (κ2) is 8.00. The Labute approximate surface area is 155 Å². The number of urea groups is 1. The molecule has 9 heteroatoms. The third-order valence-electron chi connectivity index (χ3n) is 4.16. The topological polar surface area (TPSA) is 115 Å². The zero-order valence-electron chi connectivity index (χ0n) is 14.6. The first-order valence-corrected chi connectivity index (χ1v) is 8.76. The van der Waals surface area contributed by atoms with E-state index in [0.29, 0.717) is 36.1 Å². The highest BCUT2D eigenvalue weighted by molar-refractivity contribution is 5.89. The van der Waals surface area contributed by atoms with Crippen LogP contribution < -0.4 is 10.6 Å². The molecule has 3 aromatic rings. The minimum absolute atomic E-state index is 0.0980. The molecule has 0 radical (unpaired) electrons. The van der Waals surface area contributed by atoms with Gasteiger partial charge in [0.05, 0.1) is 6.20 Å². The highest BCUT2D eigenvalue weighted by Gasteiger charge is 2.23. The highest BCUT2D eigenvalue weighted by atomic mass is 16.5. The van der Waals surface area contributed by atoms with Crippen LogP contribution in [0.15, 0.2) is 45.8 Å². The highest BCUT2D eigenvalue weighted by Crippen LogP contribution is 2.27. The zero-order valence-corrected chi connectivity index (χ0v) is 14.6. The van der Waals surface area contributed by atoms with Crippen molar-refractivity contribution in [1.82, 2.24) is 20.4 Å². The van der Waals surface area contributed by atoms with Crippen molar-refractivity contribution >= 4 is 11.7 Å². The Morgan fingerprint density at radius 1 is 1.33 bits per heavy atom. The van der Waals surface area contributed by atoms with Gasteiger partial charge >= 0.3 is 6.03 Å². The van der Waals surface area contributed by atoms with Crippen molar-refractivity contribution in [1.29, 1.82) is 0 Å². The molecule has 1 saturated heterocycles. The molecule has 2 aromatic heterocycles. The van der Waals surface area contributed by atoms with Crippen molar-refractivity contribution in [3.8, 4) is 11.3 Å². The molecule has 1 aliphatic rings. The van der Waals surface area contributed by atoms with E-state index in [1.165, 1.54) is 6.39 Å². The quantitative estimate of drug-likeness (QED) is 0.686. The summed E-state index contributed by atoms with van der Waals surface area (Å²) in [5.74, 6) is 1.70. The molecule has 0 aliphatic carbocycles. The summed E-state index contributed by atoms with van der Waals surface area (Å²) in [5, 5.41) is 9.49. The lowest BCUT2D eigenvalue weighted by atomic mass is 10.1. The first-order valence-electron chi connectivity index (χ1n) is 8.76. The van der Waals surface area contributed by atoms with Crippen molar-refractivity contribution in [2.75, 3.05) is 18.5 Å². The molecule has 1 atom stereocenters. The van der Waals surface area contributed by atoms with Gasteiger partial charge in [0.15, 0.2) is 18.0 Å². The minimum Gasteiger partial charge on any atom is -0.444 e. The Kier molecular flexibility index (Phi) is 5.10. The Balaban J connectivity index is 1.26. The van der Waals surface area contributed by atoms with Crippen LogP contribution in [-0.2, 0) is 11.2 Å². The van der Waals surface area contributed by atoms with Crippen LogP contribution in [0, 0.1) is 0 Å². The van der Waals surface area contributed by atoms with Gasteiger partial charge in [0.25, 0.3) is 5.89 Å². The number of aromatic nitrogens is 3. The maximum absolute atomic E-state index is 12.1. The molecule has 2 N–H and O–H groups in total. The van der Waals surface area contributed by atoms with E-state index >= 15 is 0 Å². The van der Waals surface area contributed by atoms with Gasteiger partial charge in [-0.15, -0.1) is 0 Å². The van der Waals surface area contributed by atoms with Gasteiger partial charge < -0.3 is 24.3 Å². The Bertz CT molecular complexity index is 887. The number of rotatable bonds is 6. The maximum Gasteiger partial charge on any atom is 0.319 e. The van der Waals surface area contributed by atoms with Crippen molar-refractivity contribution in [3.05, 3.63) is 48.6 Å². The molecule has 9 nitrogen and oxygen atoms in total. The van der Waals surface area contributed by atoms with Crippen LogP contribution in [0.3, 0.4) is 0 Å². The zero-order chi connectivity index (χ0) is 18.5. The lowest BCUT2D eigenvalue weighted by molar-refractivity contribution is 0.0835. The second-order valence-corrected chi connectivity index (χ2v) is 6.13. The monoisotopic (exact) mass is 369 g/mol. The number of carbonyl (C=O) groups is 1. The van der Waals surface area contributed by atoms with Crippen molar-refractivity contribution < 1.29 is 18.5 Å². The van der Waals surface area contributed by atoms with Crippen molar-refractivity contribution in [2.24, 2.45) is 0 Å². The maximum atomic E-state index is 12.1. The van der Waals surface area contributed by atoms with E-state index < -0.39 is 0 Å². The molecule has 0 saturated carbocycles. The predicted molar refractivity (Wildman–Crippen MR) is 94.9 cm³/mol. The number of nitrogens with zero attached hydrogens (tertiary/aromatic N) is 3. The summed E-state index contributed by atoms with van der Waals surface area (Å²) in [6.07, 6.45) is 5.26. The number of carbonyl (C=O) groups excluding carboxylic acids is 1. The van der Waals surface area contributed by atoms with Gasteiger partial charge in [-0.05, 0) is 25.0 Å². The number of amides is 2. The molecule has 3 heterocycles. The first-order chi connectivity index (χ1) is 13.3. The van der Waals surface area contributed by atoms with E-state index in [1.54, 1.807) is 12.3 Å². The SMILES string of the molecule is O=C(NCCc1noc([C@@H]2CCCO2)n1)Nc1cccc(-c2cnco2)c1. The minimum atomic E-state index is -0.312. The average molecular weight is 369 g/mol. The lowest BCUT2D eigenvalue weighted by Crippen LogP contribution is -2.30. The number of nitrogens with one attached hydrogen (secondary N) is 2. The standard InChI is InChI=1S/C18H19N5O4/c24-18(21-13-4-1-3-12(9-13)15-10-19-11-26-15)20-7-6-16-22-17(27-23-16)14-5-2-8-25-14/h1,3-4,9-11,14H,2,5-8H2,(H2,20,21,24)/t14-/m0/s1. The van der Waals surface area contributed by atoms with E-state index in [0.717, 1.165) is 25.0 Å². The fourth-order valence-electron chi connectivity index (χ4n) is 2.84. The molecule has 27 heavy (non-hydrogen) atoms. The summed E-state index contributed by atoms with van der Waals surface area (Å²) in [4.78, 5) is 20.3. The summed E-state index contributed by atoms with van der Waals surface area (Å²) in [5.41, 5.74) is 1.49. The van der Waals surface area contributed by atoms with E-state index in [9.17, 15) is 4.79 Å². The van der Waals surface area contributed by atoms with Crippen molar-refractivity contribution in [3.63, 3.8) is 0 Å². The number of ether oxygens (including phenoxy) is 1. The van der Waals surface area contributed by atoms with Crippen LogP contribution in [0.1, 0.15) is 30.7 Å². The van der Waals surface area contributed by atoms with Gasteiger partial charge in [-0.1, -0.05) is 17.3 Å². The Hall–Kier alpha value is -3.20. The predicted octanol–water partition coefficient (Wildman–Crippen LogP) is 2.94. The largest absolute Gasteiger partial charge is 0.444 e. The van der Waals surface area contributed by atoms with E-state index in [-0.39, 0.29) is 12.1 Å². The lowest BCUT2D eigenvalue weighted by Gasteiger charge is -2.07. The molecule has 4 rings (SSSR count). The van der Waals surface area contributed by atoms with Gasteiger partial charge in [0.1, 0.15) is 6.10 Å². The van der Waals surface area contributed by atoms with Crippen LogP contribution in [0.4, 0.5) is 10.5 Å². The van der Waals surface area contributed by atoms with Crippen molar-refractivity contribution in [2.45, 2.75) is 25.4 Å². The molecule has 1 aliphatic heterocycles. The first kappa shape index (κ1) is 17.2. The summed E-state index contributed by atoms with van der Waals surface area (Å²) in [7, 11) is 0.